The van der Waals surface area contributed by atoms with E-state index in [0.717, 1.165) is 0 Å². The van der Waals surface area contributed by atoms with Crippen molar-refractivity contribution in [3.05, 3.63) is 66.2 Å². The highest BCUT2D eigenvalue weighted by molar-refractivity contribution is 8.13. The van der Waals surface area contributed by atoms with E-state index in [9.17, 15) is 4.89 Å². The van der Waals surface area contributed by atoms with E-state index in [1.54, 1.807) is 12.1 Å². The summed E-state index contributed by atoms with van der Waals surface area (Å²) in [5.74, 6) is 0. The molecule has 0 radical (unpaired) electrons. The van der Waals surface area contributed by atoms with Crippen molar-refractivity contribution in [2.75, 3.05) is 6.61 Å². The Balaban J connectivity index is 0.000000219. The van der Waals surface area contributed by atoms with Crippen LogP contribution in [0, 0.1) is 0 Å². The molecule has 1 unspecified atom stereocenters. The average Bonchev–Trinajstić information content (AvgIpc) is 2.50. The number of benzene rings is 2. The third-order valence-corrected chi connectivity index (χ3v) is 5.22. The molecule has 2 rings (SSSR count). The lowest BCUT2D eigenvalue weighted by molar-refractivity contribution is 0.335. The molecule has 21 heavy (non-hydrogen) atoms. The second-order valence-electron chi connectivity index (χ2n) is 4.47. The van der Waals surface area contributed by atoms with Gasteiger partial charge < -0.3 is 15.2 Å². The van der Waals surface area contributed by atoms with Gasteiger partial charge in [-0.2, -0.15) is 0 Å². The monoisotopic (exact) mass is 323 g/mol. The molecule has 0 aliphatic heterocycles. The van der Waals surface area contributed by atoms with E-state index in [2.05, 4.69) is 0 Å². The number of hydrogen-bond donors (Lipinski definition) is 2. The fraction of sp³-hybridized carbons (Fsp3) is 0.250. The maximum Gasteiger partial charge on any atom is 0.216 e. The largest absolute Gasteiger partial charge is 0.342 e. The number of nitrogens with two attached hydrogens (primary N) is 1. The third kappa shape index (κ3) is 6.51. The standard InChI is InChI=1S/C8H11N.C8H11O2PS/c1-7(9)8-5-3-2-4-6-8;1-2-10-11(9,12)8-6-4-3-5-7-8/h2-7H,9H2,1H3;3-7H,2H2,1H3,(H,9,12)/t7-;/m0./s1. The highest BCUT2D eigenvalue weighted by Crippen LogP contribution is 2.40. The maximum absolute atomic E-state index is 9.69. The molecule has 3 N–H and O–H groups in total. The first-order chi connectivity index (χ1) is 9.97. The Kier molecular flexibility index (Phi) is 7.79. The van der Waals surface area contributed by atoms with Crippen LogP contribution in [0.15, 0.2) is 60.7 Å². The van der Waals surface area contributed by atoms with Crippen LogP contribution in [0.4, 0.5) is 0 Å². The summed E-state index contributed by atoms with van der Waals surface area (Å²) in [5.41, 5.74) is 6.81. The zero-order valence-corrected chi connectivity index (χ0v) is 14.1. The van der Waals surface area contributed by atoms with Gasteiger partial charge >= 0.3 is 0 Å². The Labute approximate surface area is 131 Å². The van der Waals surface area contributed by atoms with Crippen molar-refractivity contribution in [2.45, 2.75) is 19.9 Å². The third-order valence-electron chi connectivity index (χ3n) is 2.71. The molecule has 0 spiro atoms. The molecule has 0 bridgehead atoms. The average molecular weight is 323 g/mol. The Morgan fingerprint density at radius 3 is 1.95 bits per heavy atom. The lowest BCUT2D eigenvalue weighted by atomic mass is 10.1. The van der Waals surface area contributed by atoms with Gasteiger partial charge in [0.25, 0.3) is 0 Å². The van der Waals surface area contributed by atoms with Crippen LogP contribution in [0.2, 0.25) is 0 Å². The van der Waals surface area contributed by atoms with Crippen molar-refractivity contribution in [1.29, 1.82) is 0 Å². The summed E-state index contributed by atoms with van der Waals surface area (Å²) < 4.78 is 5.10. The van der Waals surface area contributed by atoms with Crippen molar-refractivity contribution < 1.29 is 9.42 Å². The van der Waals surface area contributed by atoms with Gasteiger partial charge in [-0.1, -0.05) is 48.5 Å². The topological polar surface area (TPSA) is 55.5 Å². The highest BCUT2D eigenvalue weighted by atomic mass is 32.5. The highest BCUT2D eigenvalue weighted by Gasteiger charge is 2.14. The first-order valence-electron chi connectivity index (χ1n) is 6.81. The first kappa shape index (κ1) is 18.0. The molecule has 0 fully saturated rings. The minimum Gasteiger partial charge on any atom is -0.342 e. The van der Waals surface area contributed by atoms with Gasteiger partial charge in [0.1, 0.15) is 0 Å². The smallest absolute Gasteiger partial charge is 0.216 e. The molecule has 114 valence electrons. The van der Waals surface area contributed by atoms with E-state index < -0.39 is 6.49 Å². The quantitative estimate of drug-likeness (QED) is 0.847. The molecular formula is C16H22NO2PS. The second kappa shape index (κ2) is 9.08. The van der Waals surface area contributed by atoms with Gasteiger partial charge in [0.05, 0.1) is 6.61 Å². The molecule has 0 aliphatic rings. The lowest BCUT2D eigenvalue weighted by Crippen LogP contribution is -2.05. The van der Waals surface area contributed by atoms with Gasteiger partial charge in [-0.15, -0.1) is 0 Å². The lowest BCUT2D eigenvalue weighted by Gasteiger charge is -2.13. The summed E-state index contributed by atoms with van der Waals surface area (Å²) in [6.45, 7) is 1.54. The molecule has 0 amide bonds. The van der Waals surface area contributed by atoms with E-state index in [0.29, 0.717) is 11.9 Å². The summed E-state index contributed by atoms with van der Waals surface area (Å²) >= 11 is 4.95. The van der Waals surface area contributed by atoms with Crippen LogP contribution in [0.25, 0.3) is 0 Å². The van der Waals surface area contributed by atoms with Gasteiger partial charge in [0, 0.05) is 11.3 Å². The molecule has 3 nitrogen and oxygen atoms in total. The molecule has 0 heterocycles. The van der Waals surface area contributed by atoms with Crippen molar-refractivity contribution in [3.8, 4) is 0 Å². The van der Waals surface area contributed by atoms with Gasteiger partial charge in [-0.25, -0.2) is 0 Å². The van der Waals surface area contributed by atoms with Gasteiger partial charge in [-0.3, -0.25) is 0 Å². The first-order valence-corrected chi connectivity index (χ1v) is 9.48. The molecule has 0 aromatic heterocycles. The number of hydrogen-bond acceptors (Lipinski definition) is 3. The normalized spacial score (nSPS) is 14.5. The SMILES string of the molecule is CCOP(O)(=S)c1ccccc1.C[C@H](N)c1ccccc1. The fourth-order valence-corrected chi connectivity index (χ4v) is 3.35. The molecule has 5 heteroatoms. The van der Waals surface area contributed by atoms with Crippen LogP contribution in [-0.2, 0) is 16.3 Å². The summed E-state index contributed by atoms with van der Waals surface area (Å²) in [7, 11) is 0. The summed E-state index contributed by atoms with van der Waals surface area (Å²) in [6.07, 6.45) is 0. The molecule has 2 aromatic rings. The van der Waals surface area contributed by atoms with E-state index in [1.807, 2.05) is 62.4 Å². The summed E-state index contributed by atoms with van der Waals surface area (Å²) in [4.78, 5) is 9.69. The molecule has 0 saturated carbocycles. The Morgan fingerprint density at radius 2 is 1.57 bits per heavy atom. The minimum absolute atomic E-state index is 0.159. The van der Waals surface area contributed by atoms with Crippen LogP contribution in [0.1, 0.15) is 25.5 Å². The summed E-state index contributed by atoms with van der Waals surface area (Å²) in [5, 5.41) is 0.710. The second-order valence-corrected chi connectivity index (χ2v) is 7.77. The van der Waals surface area contributed by atoms with Crippen molar-refractivity contribution in [3.63, 3.8) is 0 Å². The zero-order chi connectivity index (χ0) is 15.7. The predicted molar refractivity (Wildman–Crippen MR) is 93.3 cm³/mol. The van der Waals surface area contributed by atoms with Crippen LogP contribution in [0.5, 0.6) is 0 Å². The van der Waals surface area contributed by atoms with Crippen LogP contribution in [0.3, 0.4) is 0 Å². The van der Waals surface area contributed by atoms with E-state index >= 15 is 0 Å². The zero-order valence-electron chi connectivity index (χ0n) is 12.3. The van der Waals surface area contributed by atoms with Crippen LogP contribution in [-0.4, -0.2) is 11.5 Å². The fourth-order valence-electron chi connectivity index (χ4n) is 1.62. The van der Waals surface area contributed by atoms with Crippen molar-refractivity contribution >= 4 is 23.6 Å². The van der Waals surface area contributed by atoms with E-state index in [1.165, 1.54) is 5.56 Å². The summed E-state index contributed by atoms with van der Waals surface area (Å²) in [6, 6.07) is 19.3. The molecular weight excluding hydrogens is 301 g/mol. The van der Waals surface area contributed by atoms with Crippen molar-refractivity contribution in [2.24, 2.45) is 5.73 Å². The minimum atomic E-state index is -2.71. The van der Waals surface area contributed by atoms with E-state index in [-0.39, 0.29) is 6.04 Å². The van der Waals surface area contributed by atoms with E-state index in [4.69, 9.17) is 22.1 Å². The van der Waals surface area contributed by atoms with Crippen LogP contribution < -0.4 is 11.0 Å². The van der Waals surface area contributed by atoms with Gasteiger partial charge in [-0.05, 0) is 43.4 Å². The predicted octanol–water partition coefficient (Wildman–Crippen LogP) is 3.36. The van der Waals surface area contributed by atoms with Crippen molar-refractivity contribution in [1.82, 2.24) is 0 Å². The molecule has 2 aromatic carbocycles. The van der Waals surface area contributed by atoms with Gasteiger partial charge in [0.2, 0.25) is 6.49 Å². The van der Waals surface area contributed by atoms with Crippen LogP contribution >= 0.6 is 6.49 Å². The number of rotatable bonds is 4. The maximum atomic E-state index is 9.69. The Morgan fingerprint density at radius 1 is 1.10 bits per heavy atom. The Bertz CT molecular complexity index is 561. The molecule has 0 aliphatic carbocycles. The van der Waals surface area contributed by atoms with Gasteiger partial charge in [0.15, 0.2) is 0 Å². The molecule has 0 saturated heterocycles. The molecule has 2 atom stereocenters. The Hall–Kier alpha value is -1.03.